The van der Waals surface area contributed by atoms with E-state index in [1.807, 2.05) is 30.5 Å². The fraction of sp³-hybridized carbons (Fsp3) is 0.250. The quantitative estimate of drug-likeness (QED) is 0.538. The Morgan fingerprint density at radius 3 is 2.57 bits per heavy atom. The zero-order valence-electron chi connectivity index (χ0n) is 16.2. The van der Waals surface area contributed by atoms with Crippen molar-refractivity contribution in [2.45, 2.75) is 26.2 Å². The van der Waals surface area contributed by atoms with Gasteiger partial charge in [-0.3, -0.25) is 9.78 Å². The van der Waals surface area contributed by atoms with E-state index in [1.165, 1.54) is 0 Å². The summed E-state index contributed by atoms with van der Waals surface area (Å²) in [4.78, 5) is 17.5. The first-order chi connectivity index (χ1) is 13.7. The van der Waals surface area contributed by atoms with Gasteiger partial charge in [0.2, 0.25) is 0 Å². The zero-order valence-corrected chi connectivity index (χ0v) is 16.2. The largest absolute Gasteiger partial charge is 0.481 e. The maximum Gasteiger partial charge on any atom is 0.305 e. The molecule has 0 atom stereocenters. The number of carbonyl (C=O) groups is 1. The molecule has 0 bridgehead atoms. The predicted molar refractivity (Wildman–Crippen MR) is 116 cm³/mol. The molecule has 0 unspecified atom stereocenters. The van der Waals surface area contributed by atoms with Gasteiger partial charge >= 0.3 is 5.97 Å². The fourth-order valence-electron chi connectivity index (χ4n) is 3.20. The van der Waals surface area contributed by atoms with Gasteiger partial charge in [-0.2, -0.15) is 0 Å². The van der Waals surface area contributed by atoms with Crippen LogP contribution in [0.3, 0.4) is 0 Å². The lowest BCUT2D eigenvalue weighted by Crippen LogP contribution is -2.27. The Bertz CT molecular complexity index is 943. The second-order valence-corrected chi connectivity index (χ2v) is 6.83. The summed E-state index contributed by atoms with van der Waals surface area (Å²) in [6.07, 6.45) is 8.33. The first-order valence-corrected chi connectivity index (χ1v) is 9.76. The van der Waals surface area contributed by atoms with Crippen molar-refractivity contribution >= 4 is 34.7 Å². The average Bonchev–Trinajstić information content (AvgIpc) is 2.72. The van der Waals surface area contributed by atoms with E-state index in [9.17, 15) is 4.79 Å². The Hall–Kier alpha value is -3.14. The molecule has 0 radical (unpaired) electrons. The van der Waals surface area contributed by atoms with E-state index in [4.69, 9.17) is 5.11 Å². The highest BCUT2D eigenvalue weighted by molar-refractivity contribution is 5.90. The molecule has 28 heavy (non-hydrogen) atoms. The molecule has 0 aliphatic rings. The van der Waals surface area contributed by atoms with Gasteiger partial charge in [0.1, 0.15) is 0 Å². The van der Waals surface area contributed by atoms with Gasteiger partial charge in [-0.05, 0) is 41.8 Å². The average molecular weight is 374 g/mol. The third-order valence-corrected chi connectivity index (χ3v) is 4.77. The summed E-state index contributed by atoms with van der Waals surface area (Å²) in [7, 11) is 0. The number of benzene rings is 2. The van der Waals surface area contributed by atoms with Crippen LogP contribution in [0.15, 0.2) is 60.8 Å². The second-order valence-electron chi connectivity index (χ2n) is 6.83. The summed E-state index contributed by atoms with van der Waals surface area (Å²) >= 11 is 0. The number of hydrogen-bond acceptors (Lipinski definition) is 3. The fourth-order valence-corrected chi connectivity index (χ4v) is 3.20. The normalized spacial score (nSPS) is 11.2. The molecule has 0 saturated carbocycles. The number of fused-ring (bicyclic) bond motifs is 1. The molecule has 0 aliphatic carbocycles. The molecule has 1 aromatic heterocycles. The Labute approximate surface area is 166 Å². The highest BCUT2D eigenvalue weighted by Crippen LogP contribution is 2.21. The van der Waals surface area contributed by atoms with Gasteiger partial charge in [0.15, 0.2) is 0 Å². The van der Waals surface area contributed by atoms with Crippen molar-refractivity contribution in [2.75, 3.05) is 18.0 Å². The standard InChI is InChI=1S/C24H26N2O2/c1-2-3-17-26(18-15-24(27)28)21-12-9-19(10-13-21)8-11-20-14-16-25-23-7-5-4-6-22(20)23/h4-14,16H,2-3,15,17-18H2,1H3,(H,27,28)/b11-8-. The lowest BCUT2D eigenvalue weighted by molar-refractivity contribution is -0.136. The van der Waals surface area contributed by atoms with Crippen LogP contribution >= 0.6 is 0 Å². The van der Waals surface area contributed by atoms with Gasteiger partial charge < -0.3 is 10.0 Å². The highest BCUT2D eigenvalue weighted by Gasteiger charge is 2.08. The Balaban J connectivity index is 1.75. The molecule has 3 aromatic rings. The number of hydrogen-bond donors (Lipinski definition) is 1. The van der Waals surface area contributed by atoms with E-state index in [0.29, 0.717) is 6.54 Å². The molecule has 3 rings (SSSR count). The SMILES string of the molecule is CCCCN(CCC(=O)O)c1ccc(/C=C\c2ccnc3ccccc23)cc1. The van der Waals surface area contributed by atoms with E-state index < -0.39 is 5.97 Å². The van der Waals surface area contributed by atoms with Crippen LogP contribution in [0.25, 0.3) is 23.1 Å². The van der Waals surface area contributed by atoms with E-state index >= 15 is 0 Å². The molecule has 2 aromatic carbocycles. The molecule has 0 saturated heterocycles. The highest BCUT2D eigenvalue weighted by atomic mass is 16.4. The number of pyridine rings is 1. The first kappa shape index (κ1) is 19.6. The van der Waals surface area contributed by atoms with Crippen LogP contribution in [0.2, 0.25) is 0 Å². The van der Waals surface area contributed by atoms with Gasteiger partial charge in [0, 0.05) is 30.4 Å². The number of aromatic nitrogens is 1. The van der Waals surface area contributed by atoms with Gasteiger partial charge in [-0.1, -0.05) is 55.8 Å². The monoisotopic (exact) mass is 374 g/mol. The number of anilines is 1. The van der Waals surface area contributed by atoms with E-state index in [-0.39, 0.29) is 6.42 Å². The van der Waals surface area contributed by atoms with Gasteiger partial charge in [-0.15, -0.1) is 0 Å². The Morgan fingerprint density at radius 2 is 1.82 bits per heavy atom. The maximum atomic E-state index is 10.9. The predicted octanol–water partition coefficient (Wildman–Crippen LogP) is 5.49. The molecular weight excluding hydrogens is 348 g/mol. The van der Waals surface area contributed by atoms with Crippen LogP contribution in [0.1, 0.15) is 37.3 Å². The third-order valence-electron chi connectivity index (χ3n) is 4.77. The van der Waals surface area contributed by atoms with Crippen molar-refractivity contribution in [1.29, 1.82) is 0 Å². The van der Waals surface area contributed by atoms with Crippen LogP contribution in [0.5, 0.6) is 0 Å². The molecule has 0 aliphatic heterocycles. The number of carboxylic acids is 1. The summed E-state index contributed by atoms with van der Waals surface area (Å²) in [6, 6.07) is 18.4. The Kier molecular flexibility index (Phi) is 6.79. The number of carboxylic acid groups (broad SMARTS) is 1. The first-order valence-electron chi connectivity index (χ1n) is 9.76. The van der Waals surface area contributed by atoms with Crippen molar-refractivity contribution in [3.05, 3.63) is 71.9 Å². The molecule has 4 nitrogen and oxygen atoms in total. The van der Waals surface area contributed by atoms with Crippen LogP contribution in [-0.4, -0.2) is 29.1 Å². The lowest BCUT2D eigenvalue weighted by atomic mass is 10.1. The molecule has 1 heterocycles. The topological polar surface area (TPSA) is 53.4 Å². The van der Waals surface area contributed by atoms with E-state index in [1.54, 1.807) is 0 Å². The van der Waals surface area contributed by atoms with Crippen molar-refractivity contribution in [1.82, 2.24) is 4.98 Å². The number of nitrogens with zero attached hydrogens (tertiary/aromatic N) is 2. The molecule has 0 spiro atoms. The van der Waals surface area contributed by atoms with Gasteiger partial charge in [0.05, 0.1) is 11.9 Å². The number of aliphatic carboxylic acids is 1. The minimum absolute atomic E-state index is 0.153. The van der Waals surface area contributed by atoms with Crippen molar-refractivity contribution < 1.29 is 9.90 Å². The number of para-hydroxylation sites is 1. The third kappa shape index (κ3) is 5.19. The summed E-state index contributed by atoms with van der Waals surface area (Å²) in [6.45, 7) is 3.56. The molecule has 0 fully saturated rings. The maximum absolute atomic E-state index is 10.9. The van der Waals surface area contributed by atoms with Crippen LogP contribution in [0, 0.1) is 0 Å². The molecular formula is C24H26N2O2. The summed E-state index contributed by atoms with van der Waals surface area (Å²) < 4.78 is 0. The van der Waals surface area contributed by atoms with Gasteiger partial charge in [0.25, 0.3) is 0 Å². The van der Waals surface area contributed by atoms with E-state index in [0.717, 1.165) is 47.1 Å². The molecule has 144 valence electrons. The molecule has 0 amide bonds. The zero-order chi connectivity index (χ0) is 19.8. The minimum atomic E-state index is -0.759. The minimum Gasteiger partial charge on any atom is -0.481 e. The molecule has 1 N–H and O–H groups in total. The van der Waals surface area contributed by atoms with Crippen molar-refractivity contribution in [2.24, 2.45) is 0 Å². The van der Waals surface area contributed by atoms with Crippen LogP contribution < -0.4 is 4.90 Å². The summed E-state index contributed by atoms with van der Waals surface area (Å²) in [5.41, 5.74) is 4.31. The van der Waals surface area contributed by atoms with E-state index in [2.05, 4.69) is 59.3 Å². The molecule has 4 heteroatoms. The number of unbranched alkanes of at least 4 members (excludes halogenated alkanes) is 1. The smallest absolute Gasteiger partial charge is 0.305 e. The summed E-state index contributed by atoms with van der Waals surface area (Å²) in [5.74, 6) is -0.759. The van der Waals surface area contributed by atoms with Gasteiger partial charge in [-0.25, -0.2) is 0 Å². The van der Waals surface area contributed by atoms with Crippen LogP contribution in [0.4, 0.5) is 5.69 Å². The summed E-state index contributed by atoms with van der Waals surface area (Å²) in [5, 5.41) is 10.1. The van der Waals surface area contributed by atoms with Crippen LogP contribution in [-0.2, 0) is 4.79 Å². The lowest BCUT2D eigenvalue weighted by Gasteiger charge is -2.24. The van der Waals surface area contributed by atoms with Crippen molar-refractivity contribution in [3.63, 3.8) is 0 Å². The van der Waals surface area contributed by atoms with Crippen molar-refractivity contribution in [3.8, 4) is 0 Å². The number of rotatable bonds is 9. The Morgan fingerprint density at radius 1 is 1.04 bits per heavy atom. The second kappa shape index (κ2) is 9.70.